The molecule has 0 bridgehead atoms. The molecule has 5 rings (SSSR count). The third-order valence-corrected chi connectivity index (χ3v) is 5.97. The zero-order chi connectivity index (χ0) is 24.2. The number of amides is 1. The van der Waals surface area contributed by atoms with Gasteiger partial charge in [0.05, 0.1) is 32.9 Å². The van der Waals surface area contributed by atoms with E-state index in [4.69, 9.17) is 14.0 Å². The van der Waals surface area contributed by atoms with Crippen LogP contribution in [-0.4, -0.2) is 28.6 Å². The molecule has 3 heterocycles. The maximum absolute atomic E-state index is 13.0. The number of fused-ring (bicyclic) bond motifs is 1. The number of nitrogens with zero attached hydrogens (tertiary/aromatic N) is 2. The molecule has 1 amide bonds. The van der Waals surface area contributed by atoms with Gasteiger partial charge in [-0.25, -0.2) is 9.78 Å². The Hall–Kier alpha value is -4.50. The lowest BCUT2D eigenvalue weighted by molar-refractivity contribution is -0.119. The number of nitrogens with one attached hydrogen (secondary N) is 1. The van der Waals surface area contributed by atoms with E-state index in [0.717, 1.165) is 4.88 Å². The van der Waals surface area contributed by atoms with Crippen molar-refractivity contribution in [2.24, 2.45) is 0 Å². The predicted octanol–water partition coefficient (Wildman–Crippen LogP) is 5.85. The summed E-state index contributed by atoms with van der Waals surface area (Å²) in [5, 5.41) is 9.02. The third-order valence-electron chi connectivity index (χ3n) is 5.08. The number of ether oxygens (including phenoxy) is 2. The lowest BCUT2D eigenvalue weighted by Crippen LogP contribution is -2.21. The summed E-state index contributed by atoms with van der Waals surface area (Å²) in [5.74, 6) is -0.0818. The molecule has 0 spiro atoms. The second-order valence-electron chi connectivity index (χ2n) is 7.52. The lowest BCUT2D eigenvalue weighted by atomic mass is 10.1. The second kappa shape index (κ2) is 9.78. The molecule has 0 radical (unpaired) electrons. The molecular weight excluding hydrogens is 466 g/mol. The molecule has 0 fully saturated rings. The number of aryl methyl sites for hydroxylation is 1. The van der Waals surface area contributed by atoms with E-state index >= 15 is 0 Å². The van der Waals surface area contributed by atoms with Crippen LogP contribution in [0.5, 0.6) is 11.5 Å². The quantitative estimate of drug-likeness (QED) is 0.289. The normalized spacial score (nSPS) is 10.8. The van der Waals surface area contributed by atoms with Crippen molar-refractivity contribution in [3.8, 4) is 22.1 Å². The molecule has 0 saturated heterocycles. The molecule has 3 aromatic heterocycles. The summed E-state index contributed by atoms with van der Waals surface area (Å²) < 4.78 is 16.5. The summed E-state index contributed by atoms with van der Waals surface area (Å²) in [6.07, 6.45) is 0. The van der Waals surface area contributed by atoms with E-state index in [1.165, 1.54) is 11.3 Å². The van der Waals surface area contributed by atoms with E-state index in [1.807, 2.05) is 47.8 Å². The van der Waals surface area contributed by atoms with Gasteiger partial charge in [0.15, 0.2) is 12.4 Å². The highest BCUT2D eigenvalue weighted by atomic mass is 32.1. The number of pyridine rings is 1. The number of benzene rings is 2. The molecule has 0 saturated carbocycles. The van der Waals surface area contributed by atoms with Gasteiger partial charge in [0, 0.05) is 0 Å². The number of carbonyl (C=O) groups is 2. The molecule has 9 heteroatoms. The summed E-state index contributed by atoms with van der Waals surface area (Å²) in [6.45, 7) is 1.23. The fourth-order valence-electron chi connectivity index (χ4n) is 3.48. The number of rotatable bonds is 7. The number of hydrogen-bond donors (Lipinski definition) is 1. The smallest absolute Gasteiger partial charge is 0.339 e. The first-order valence-electron chi connectivity index (χ1n) is 10.7. The average Bonchev–Trinajstić information content (AvgIpc) is 3.54. The van der Waals surface area contributed by atoms with Crippen molar-refractivity contribution in [1.82, 2.24) is 10.1 Å². The van der Waals surface area contributed by atoms with E-state index in [-0.39, 0.29) is 11.3 Å². The number of esters is 1. The lowest BCUT2D eigenvalue weighted by Gasteiger charge is -2.12. The molecule has 0 unspecified atom stereocenters. The molecule has 0 atom stereocenters. The highest BCUT2D eigenvalue weighted by Crippen LogP contribution is 2.31. The van der Waals surface area contributed by atoms with E-state index in [2.05, 4.69) is 15.5 Å². The van der Waals surface area contributed by atoms with Gasteiger partial charge in [0.25, 0.3) is 11.6 Å². The van der Waals surface area contributed by atoms with Crippen LogP contribution in [0.4, 0.5) is 5.69 Å². The van der Waals surface area contributed by atoms with Gasteiger partial charge in [0.1, 0.15) is 5.75 Å². The van der Waals surface area contributed by atoms with Crippen molar-refractivity contribution in [1.29, 1.82) is 0 Å². The molecule has 0 aliphatic heterocycles. The van der Waals surface area contributed by atoms with Gasteiger partial charge in [-0.3, -0.25) is 4.79 Å². The van der Waals surface area contributed by atoms with Gasteiger partial charge < -0.3 is 19.3 Å². The van der Waals surface area contributed by atoms with Crippen LogP contribution in [0.15, 0.2) is 82.7 Å². The Balaban J connectivity index is 1.31. The van der Waals surface area contributed by atoms with Gasteiger partial charge in [-0.1, -0.05) is 41.6 Å². The fraction of sp³-hybridized carbons (Fsp3) is 0.0769. The van der Waals surface area contributed by atoms with Crippen LogP contribution < -0.4 is 10.1 Å². The SMILES string of the molecule is Cc1noc2nc(-c3cccs3)cc(C(=O)OCC(=O)Nc3ccccc3Oc3ccccc3)c12. The highest BCUT2D eigenvalue weighted by molar-refractivity contribution is 7.13. The van der Waals surface area contributed by atoms with Crippen molar-refractivity contribution in [2.45, 2.75) is 6.92 Å². The van der Waals surface area contributed by atoms with Gasteiger partial charge in [0.2, 0.25) is 0 Å². The van der Waals surface area contributed by atoms with Crippen LogP contribution >= 0.6 is 11.3 Å². The van der Waals surface area contributed by atoms with Crippen molar-refractivity contribution in [3.63, 3.8) is 0 Å². The van der Waals surface area contributed by atoms with E-state index < -0.39 is 18.5 Å². The first-order valence-corrected chi connectivity index (χ1v) is 11.6. The molecule has 35 heavy (non-hydrogen) atoms. The van der Waals surface area contributed by atoms with Crippen molar-refractivity contribution < 1.29 is 23.6 Å². The first kappa shape index (κ1) is 22.3. The predicted molar refractivity (Wildman–Crippen MR) is 132 cm³/mol. The summed E-state index contributed by atoms with van der Waals surface area (Å²) >= 11 is 1.48. The third kappa shape index (κ3) is 4.90. The number of thiophene rings is 1. The van der Waals surface area contributed by atoms with Gasteiger partial charge in [-0.05, 0) is 48.7 Å². The molecule has 0 aliphatic rings. The number of aromatic nitrogens is 2. The van der Waals surface area contributed by atoms with Crippen LogP contribution in [0.2, 0.25) is 0 Å². The Bertz CT molecular complexity index is 1500. The van der Waals surface area contributed by atoms with Gasteiger partial charge in [-0.15, -0.1) is 11.3 Å². The number of carbonyl (C=O) groups excluding carboxylic acids is 2. The zero-order valence-electron chi connectivity index (χ0n) is 18.6. The maximum atomic E-state index is 13.0. The molecule has 8 nitrogen and oxygen atoms in total. The number of hydrogen-bond acceptors (Lipinski definition) is 8. The molecule has 174 valence electrons. The first-order chi connectivity index (χ1) is 17.1. The standard InChI is InChI=1S/C26H19N3O5S/c1-16-24-18(14-20(22-12-7-13-35-22)28-25(24)34-29-16)26(31)32-15-23(30)27-19-10-5-6-11-21(19)33-17-8-3-2-4-9-17/h2-14H,15H2,1H3,(H,27,30). The Kier molecular flexibility index (Phi) is 6.23. The summed E-state index contributed by atoms with van der Waals surface area (Å²) in [7, 11) is 0. The number of para-hydroxylation sites is 3. The van der Waals surface area contributed by atoms with Crippen molar-refractivity contribution >= 4 is 40.0 Å². The molecule has 1 N–H and O–H groups in total. The molecular formula is C26H19N3O5S. The minimum absolute atomic E-state index is 0.233. The molecule has 0 aliphatic carbocycles. The van der Waals surface area contributed by atoms with Crippen LogP contribution in [-0.2, 0) is 9.53 Å². The zero-order valence-corrected chi connectivity index (χ0v) is 19.4. The van der Waals surface area contributed by atoms with Crippen molar-refractivity contribution in [2.75, 3.05) is 11.9 Å². The van der Waals surface area contributed by atoms with Gasteiger partial charge >= 0.3 is 5.97 Å². The summed E-state index contributed by atoms with van der Waals surface area (Å²) in [4.78, 5) is 30.9. The monoisotopic (exact) mass is 485 g/mol. The largest absolute Gasteiger partial charge is 0.455 e. The Morgan fingerprint density at radius 3 is 2.63 bits per heavy atom. The van der Waals surface area contributed by atoms with Crippen molar-refractivity contribution in [3.05, 3.63) is 89.4 Å². The Morgan fingerprint density at radius 2 is 1.83 bits per heavy atom. The highest BCUT2D eigenvalue weighted by Gasteiger charge is 2.21. The van der Waals surface area contributed by atoms with E-state index in [9.17, 15) is 9.59 Å². The molecule has 5 aromatic rings. The topological polar surface area (TPSA) is 104 Å². The van der Waals surface area contributed by atoms with Gasteiger partial charge in [-0.2, -0.15) is 0 Å². The Labute approximate surface area is 204 Å². The number of anilines is 1. The Morgan fingerprint density at radius 1 is 1.03 bits per heavy atom. The van der Waals surface area contributed by atoms with Crippen LogP contribution in [0.25, 0.3) is 21.7 Å². The maximum Gasteiger partial charge on any atom is 0.339 e. The summed E-state index contributed by atoms with van der Waals surface area (Å²) in [5.41, 5.74) is 1.99. The minimum Gasteiger partial charge on any atom is -0.455 e. The second-order valence-corrected chi connectivity index (χ2v) is 8.46. The van der Waals surface area contributed by atoms with Crippen LogP contribution in [0.3, 0.4) is 0 Å². The summed E-state index contributed by atoms with van der Waals surface area (Å²) in [6, 6.07) is 21.6. The van der Waals surface area contributed by atoms with Crippen LogP contribution in [0, 0.1) is 6.92 Å². The fourth-order valence-corrected chi connectivity index (χ4v) is 4.16. The average molecular weight is 486 g/mol. The van der Waals surface area contributed by atoms with Crippen LogP contribution in [0.1, 0.15) is 16.1 Å². The van der Waals surface area contributed by atoms with E-state index in [1.54, 1.807) is 37.3 Å². The van der Waals surface area contributed by atoms with E-state index in [0.29, 0.717) is 34.0 Å². The molecule has 2 aromatic carbocycles. The minimum atomic E-state index is -0.675.